The topological polar surface area (TPSA) is 45.5 Å². The number of nitrogens with one attached hydrogen (secondary N) is 1. The molecule has 1 atom stereocenters. The van der Waals surface area contributed by atoms with E-state index in [1.54, 1.807) is 29.4 Å². The van der Waals surface area contributed by atoms with Gasteiger partial charge in [0.1, 0.15) is 11.9 Å². The molecule has 1 N–H and O–H groups in total. The van der Waals surface area contributed by atoms with Crippen LogP contribution in [0.3, 0.4) is 0 Å². The first kappa shape index (κ1) is 16.1. The van der Waals surface area contributed by atoms with Gasteiger partial charge in [-0.05, 0) is 42.0 Å². The summed E-state index contributed by atoms with van der Waals surface area (Å²) in [6.45, 7) is 0.345. The molecule has 1 aliphatic heterocycles. The minimum absolute atomic E-state index is 0.0678. The second-order valence-electron chi connectivity index (χ2n) is 5.78. The summed E-state index contributed by atoms with van der Waals surface area (Å²) in [6, 6.07) is 16.5. The van der Waals surface area contributed by atoms with Crippen molar-refractivity contribution in [3.8, 4) is 0 Å². The molecule has 0 unspecified atom stereocenters. The van der Waals surface area contributed by atoms with E-state index in [0.29, 0.717) is 27.9 Å². The first-order valence-corrected chi connectivity index (χ1v) is 8.53. The van der Waals surface area contributed by atoms with Gasteiger partial charge in [-0.1, -0.05) is 41.4 Å². The molecule has 0 bridgehead atoms. The van der Waals surface area contributed by atoms with E-state index in [0.717, 1.165) is 11.3 Å². The summed E-state index contributed by atoms with van der Waals surface area (Å²) in [5.41, 5.74) is 2.27. The van der Waals surface area contributed by atoms with Gasteiger partial charge in [0.05, 0.1) is 28.4 Å². The number of benzene rings is 2. The van der Waals surface area contributed by atoms with Gasteiger partial charge in [0.15, 0.2) is 0 Å². The van der Waals surface area contributed by atoms with E-state index >= 15 is 0 Å². The molecule has 2 heterocycles. The number of anilines is 1. The highest BCUT2D eigenvalue weighted by atomic mass is 35.5. The van der Waals surface area contributed by atoms with E-state index in [1.807, 2.05) is 36.4 Å². The van der Waals surface area contributed by atoms with Crippen LogP contribution in [0.4, 0.5) is 5.69 Å². The lowest BCUT2D eigenvalue weighted by Crippen LogP contribution is -2.42. The molecule has 2 aromatic carbocycles. The van der Waals surface area contributed by atoms with Crippen LogP contribution in [-0.2, 0) is 6.54 Å². The zero-order valence-electron chi connectivity index (χ0n) is 13.1. The molecule has 0 radical (unpaired) electrons. The van der Waals surface area contributed by atoms with Crippen molar-refractivity contribution in [3.05, 3.63) is 87.8 Å². The second kappa shape index (κ2) is 6.47. The number of rotatable bonds is 3. The van der Waals surface area contributed by atoms with E-state index in [2.05, 4.69) is 5.32 Å². The van der Waals surface area contributed by atoms with Crippen molar-refractivity contribution in [1.82, 2.24) is 4.90 Å². The minimum atomic E-state index is -0.373. The molecular formula is C19H14Cl2N2O2. The lowest BCUT2D eigenvalue weighted by molar-refractivity contribution is 0.0651. The Morgan fingerprint density at radius 1 is 1.04 bits per heavy atom. The molecule has 0 saturated carbocycles. The van der Waals surface area contributed by atoms with Crippen LogP contribution >= 0.6 is 23.2 Å². The van der Waals surface area contributed by atoms with Gasteiger partial charge in [-0.2, -0.15) is 0 Å². The Morgan fingerprint density at radius 3 is 2.64 bits per heavy atom. The minimum Gasteiger partial charge on any atom is -0.467 e. The Kier molecular flexibility index (Phi) is 4.15. The van der Waals surface area contributed by atoms with Gasteiger partial charge in [0.25, 0.3) is 5.91 Å². The van der Waals surface area contributed by atoms with Crippen molar-refractivity contribution in [2.75, 3.05) is 5.32 Å². The third kappa shape index (κ3) is 2.99. The van der Waals surface area contributed by atoms with Crippen LogP contribution in [0, 0.1) is 0 Å². The number of fused-ring (bicyclic) bond motifs is 1. The van der Waals surface area contributed by atoms with Crippen LogP contribution in [0.25, 0.3) is 0 Å². The molecule has 25 heavy (non-hydrogen) atoms. The number of carbonyl (C=O) groups excluding carboxylic acids is 1. The largest absolute Gasteiger partial charge is 0.467 e. The van der Waals surface area contributed by atoms with Crippen LogP contribution in [0.5, 0.6) is 0 Å². The number of halogens is 2. The molecule has 4 rings (SSSR count). The maximum Gasteiger partial charge on any atom is 0.258 e. The smallest absolute Gasteiger partial charge is 0.258 e. The number of furan rings is 1. The number of hydrogen-bond acceptors (Lipinski definition) is 3. The number of para-hydroxylation sites is 1. The lowest BCUT2D eigenvalue weighted by atomic mass is 10.0. The number of hydrogen-bond donors (Lipinski definition) is 1. The molecule has 1 aliphatic rings. The predicted octanol–water partition coefficient (Wildman–Crippen LogP) is 5.35. The predicted molar refractivity (Wildman–Crippen MR) is 97.8 cm³/mol. The van der Waals surface area contributed by atoms with Crippen molar-refractivity contribution in [3.63, 3.8) is 0 Å². The van der Waals surface area contributed by atoms with Crippen LogP contribution in [0.1, 0.15) is 27.8 Å². The standard InChI is InChI=1S/C19H14Cl2N2O2/c20-15-8-7-12(10-16(15)21)18-22-17-6-2-1-5-14(17)19(24)23(18)11-13-4-3-9-25-13/h1-10,18,22H,11H2/t18-/m0/s1. The highest BCUT2D eigenvalue weighted by Gasteiger charge is 2.33. The Hall–Kier alpha value is -2.43. The van der Waals surface area contributed by atoms with Crippen LogP contribution in [0.15, 0.2) is 65.3 Å². The van der Waals surface area contributed by atoms with Gasteiger partial charge in [-0.15, -0.1) is 0 Å². The van der Waals surface area contributed by atoms with Gasteiger partial charge >= 0.3 is 0 Å². The average molecular weight is 373 g/mol. The summed E-state index contributed by atoms with van der Waals surface area (Å²) in [5.74, 6) is 0.640. The third-order valence-corrected chi connectivity index (χ3v) is 4.93. The van der Waals surface area contributed by atoms with Crippen LogP contribution in [-0.4, -0.2) is 10.8 Å². The average Bonchev–Trinajstić information content (AvgIpc) is 3.13. The van der Waals surface area contributed by atoms with Gasteiger partial charge in [0.2, 0.25) is 0 Å². The second-order valence-corrected chi connectivity index (χ2v) is 6.59. The van der Waals surface area contributed by atoms with E-state index in [-0.39, 0.29) is 12.1 Å². The fourth-order valence-corrected chi connectivity index (χ4v) is 3.28. The normalized spacial score (nSPS) is 16.5. The molecule has 1 amide bonds. The molecule has 3 aromatic rings. The molecule has 0 spiro atoms. The van der Waals surface area contributed by atoms with Gasteiger partial charge in [-0.3, -0.25) is 4.79 Å². The van der Waals surface area contributed by atoms with Crippen molar-refractivity contribution in [2.45, 2.75) is 12.7 Å². The van der Waals surface area contributed by atoms with Crippen molar-refractivity contribution in [1.29, 1.82) is 0 Å². The lowest BCUT2D eigenvalue weighted by Gasteiger charge is -2.37. The molecule has 126 valence electrons. The number of carbonyl (C=O) groups is 1. The first-order chi connectivity index (χ1) is 12.1. The van der Waals surface area contributed by atoms with E-state index in [1.165, 1.54) is 0 Å². The Balaban J connectivity index is 1.78. The third-order valence-electron chi connectivity index (χ3n) is 4.19. The number of nitrogens with zero attached hydrogens (tertiary/aromatic N) is 1. The van der Waals surface area contributed by atoms with E-state index < -0.39 is 0 Å². The molecular weight excluding hydrogens is 359 g/mol. The summed E-state index contributed by atoms with van der Waals surface area (Å²) >= 11 is 12.2. The van der Waals surface area contributed by atoms with E-state index in [4.69, 9.17) is 27.6 Å². The molecule has 0 fully saturated rings. The van der Waals surface area contributed by atoms with Crippen molar-refractivity contribution < 1.29 is 9.21 Å². The molecule has 0 saturated heterocycles. The highest BCUT2D eigenvalue weighted by Crippen LogP contribution is 2.36. The summed E-state index contributed by atoms with van der Waals surface area (Å²) in [6.07, 6.45) is 1.22. The molecule has 0 aliphatic carbocycles. The molecule has 6 heteroatoms. The Labute approximate surface area is 155 Å². The number of amides is 1. The zero-order chi connectivity index (χ0) is 17.4. The Bertz CT molecular complexity index is 925. The highest BCUT2D eigenvalue weighted by molar-refractivity contribution is 6.42. The Morgan fingerprint density at radius 2 is 1.88 bits per heavy atom. The first-order valence-electron chi connectivity index (χ1n) is 7.77. The summed E-state index contributed by atoms with van der Waals surface area (Å²) in [5, 5.41) is 4.34. The van der Waals surface area contributed by atoms with Gasteiger partial charge < -0.3 is 14.6 Å². The fraction of sp³-hybridized carbons (Fsp3) is 0.105. The van der Waals surface area contributed by atoms with Gasteiger partial charge in [0, 0.05) is 5.69 Å². The maximum atomic E-state index is 13.1. The van der Waals surface area contributed by atoms with Gasteiger partial charge in [-0.25, -0.2) is 0 Å². The molecule has 4 nitrogen and oxygen atoms in total. The molecule has 1 aromatic heterocycles. The zero-order valence-corrected chi connectivity index (χ0v) is 14.6. The fourth-order valence-electron chi connectivity index (χ4n) is 2.97. The summed E-state index contributed by atoms with van der Waals surface area (Å²) in [4.78, 5) is 14.8. The van der Waals surface area contributed by atoms with Crippen molar-refractivity contribution >= 4 is 34.8 Å². The monoisotopic (exact) mass is 372 g/mol. The summed E-state index contributed by atoms with van der Waals surface area (Å²) < 4.78 is 5.43. The summed E-state index contributed by atoms with van der Waals surface area (Å²) in [7, 11) is 0. The van der Waals surface area contributed by atoms with Crippen molar-refractivity contribution in [2.24, 2.45) is 0 Å². The van der Waals surface area contributed by atoms with Crippen LogP contribution in [0.2, 0.25) is 10.0 Å². The quantitative estimate of drug-likeness (QED) is 0.673. The van der Waals surface area contributed by atoms with Crippen LogP contribution < -0.4 is 5.32 Å². The SMILES string of the molecule is O=C1c2ccccc2N[C@H](c2ccc(Cl)c(Cl)c2)N1Cc1ccco1. The van der Waals surface area contributed by atoms with E-state index in [9.17, 15) is 4.79 Å². The maximum absolute atomic E-state index is 13.1.